The van der Waals surface area contributed by atoms with E-state index in [1.165, 1.54) is 22.2 Å². The van der Waals surface area contributed by atoms with Crippen LogP contribution in [0.2, 0.25) is 0 Å². The number of thiophene rings is 1. The number of anilines is 1. The Labute approximate surface area is 202 Å². The van der Waals surface area contributed by atoms with Crippen LogP contribution in [0.3, 0.4) is 0 Å². The van der Waals surface area contributed by atoms with Crippen LogP contribution in [0, 0.1) is 0 Å². The molecule has 172 valence electrons. The minimum Gasteiger partial charge on any atom is -0.310 e. The highest BCUT2D eigenvalue weighted by atomic mass is 32.2. The van der Waals surface area contributed by atoms with E-state index in [0.717, 1.165) is 30.4 Å². The molecular weight excluding hydrogens is 452 g/mol. The number of thioether (sulfide) groups is 1. The molecule has 1 atom stereocenters. The molecule has 3 heterocycles. The molecule has 1 N–H and O–H groups in total. The topological polar surface area (TPSA) is 77.6 Å². The number of aromatic nitrogens is 5. The molecule has 0 spiro atoms. The van der Waals surface area contributed by atoms with Gasteiger partial charge in [0.25, 0.3) is 0 Å². The summed E-state index contributed by atoms with van der Waals surface area (Å²) in [5.41, 5.74) is 1.26. The number of carbonyl (C=O) groups is 1. The third-order valence-electron chi connectivity index (χ3n) is 5.23. The Morgan fingerprint density at radius 1 is 1.09 bits per heavy atom. The number of benzene rings is 1. The highest BCUT2D eigenvalue weighted by Gasteiger charge is 2.22. The van der Waals surface area contributed by atoms with Crippen LogP contribution in [0.4, 0.5) is 5.82 Å². The van der Waals surface area contributed by atoms with Crippen molar-refractivity contribution in [1.82, 2.24) is 24.5 Å². The largest absolute Gasteiger partial charge is 0.310 e. The average Bonchev–Trinajstić information content (AvgIpc) is 3.56. The van der Waals surface area contributed by atoms with Gasteiger partial charge in [-0.1, -0.05) is 48.2 Å². The lowest BCUT2D eigenvalue weighted by Crippen LogP contribution is -2.25. The lowest BCUT2D eigenvalue weighted by molar-refractivity contribution is -0.115. The molecular formula is C24H28N6OS2. The molecule has 1 aromatic carbocycles. The van der Waals surface area contributed by atoms with E-state index in [-0.39, 0.29) is 17.2 Å². The summed E-state index contributed by atoms with van der Waals surface area (Å²) >= 11 is 3.15. The van der Waals surface area contributed by atoms with Crippen molar-refractivity contribution in [2.75, 3.05) is 5.32 Å². The van der Waals surface area contributed by atoms with E-state index in [4.69, 9.17) is 0 Å². The van der Waals surface area contributed by atoms with Crippen LogP contribution in [0.15, 0.2) is 65.3 Å². The van der Waals surface area contributed by atoms with Crippen LogP contribution >= 0.6 is 23.1 Å². The quantitative estimate of drug-likeness (QED) is 0.321. The van der Waals surface area contributed by atoms with Gasteiger partial charge < -0.3 is 9.88 Å². The van der Waals surface area contributed by atoms with Gasteiger partial charge in [0.1, 0.15) is 11.6 Å². The second-order valence-corrected chi connectivity index (χ2v) is 10.4. The van der Waals surface area contributed by atoms with Crippen molar-refractivity contribution in [3.63, 3.8) is 0 Å². The number of amides is 1. The predicted octanol–water partition coefficient (Wildman–Crippen LogP) is 5.07. The first kappa shape index (κ1) is 23.3. The molecule has 1 unspecified atom stereocenters. The lowest BCUT2D eigenvalue weighted by Gasteiger charge is -2.15. The van der Waals surface area contributed by atoms with Crippen molar-refractivity contribution in [2.45, 2.75) is 56.6 Å². The molecule has 4 rings (SSSR count). The van der Waals surface area contributed by atoms with Crippen molar-refractivity contribution in [3.05, 3.63) is 76.4 Å². The normalized spacial score (nSPS) is 12.2. The molecule has 33 heavy (non-hydrogen) atoms. The minimum atomic E-state index is -0.338. The van der Waals surface area contributed by atoms with E-state index < -0.39 is 0 Å². The molecule has 0 bridgehead atoms. The van der Waals surface area contributed by atoms with E-state index in [1.807, 2.05) is 32.9 Å². The Hall–Kier alpha value is -2.91. The number of rotatable bonds is 10. The summed E-state index contributed by atoms with van der Waals surface area (Å²) in [4.78, 5) is 14.2. The molecule has 4 aromatic rings. The molecule has 0 aliphatic heterocycles. The van der Waals surface area contributed by atoms with E-state index in [9.17, 15) is 4.79 Å². The highest BCUT2D eigenvalue weighted by Crippen LogP contribution is 2.26. The zero-order chi connectivity index (χ0) is 23.2. The first-order chi connectivity index (χ1) is 16.0. The smallest absolute Gasteiger partial charge is 0.238 e. The Bertz CT molecular complexity index is 1170. The Morgan fingerprint density at radius 3 is 2.64 bits per heavy atom. The molecule has 1 amide bonds. The van der Waals surface area contributed by atoms with Gasteiger partial charge in [0, 0.05) is 30.0 Å². The SMILES string of the molecule is CC(Sc1nnc(Cc2cccs2)n1CCc1ccccc1)C(=O)Nc1ccnn1C(C)C. The number of hydrogen-bond acceptors (Lipinski definition) is 6. The summed E-state index contributed by atoms with van der Waals surface area (Å²) in [6.45, 7) is 6.72. The highest BCUT2D eigenvalue weighted by molar-refractivity contribution is 8.00. The second kappa shape index (κ2) is 10.8. The molecule has 0 aliphatic carbocycles. The van der Waals surface area contributed by atoms with Crippen molar-refractivity contribution >= 4 is 34.8 Å². The van der Waals surface area contributed by atoms with Gasteiger partial charge >= 0.3 is 0 Å². The lowest BCUT2D eigenvalue weighted by atomic mass is 10.1. The van der Waals surface area contributed by atoms with Gasteiger partial charge in [-0.3, -0.25) is 4.79 Å². The second-order valence-electron chi connectivity index (χ2n) is 8.05. The van der Waals surface area contributed by atoms with Crippen LogP contribution in [-0.2, 0) is 24.2 Å². The third kappa shape index (κ3) is 5.91. The van der Waals surface area contributed by atoms with Crippen molar-refractivity contribution < 1.29 is 4.79 Å². The summed E-state index contributed by atoms with van der Waals surface area (Å²) < 4.78 is 3.95. The number of carbonyl (C=O) groups excluding carboxylic acids is 1. The van der Waals surface area contributed by atoms with Gasteiger partial charge in [0.05, 0.1) is 11.4 Å². The summed E-state index contributed by atoms with van der Waals surface area (Å²) in [6.07, 6.45) is 3.30. The molecule has 0 radical (unpaired) electrons. The number of nitrogens with zero attached hydrogens (tertiary/aromatic N) is 5. The zero-order valence-electron chi connectivity index (χ0n) is 19.0. The van der Waals surface area contributed by atoms with Gasteiger partial charge in [-0.2, -0.15) is 5.10 Å². The Balaban J connectivity index is 1.49. The van der Waals surface area contributed by atoms with Crippen LogP contribution in [0.5, 0.6) is 0 Å². The van der Waals surface area contributed by atoms with Gasteiger partial charge in [-0.05, 0) is 44.2 Å². The summed E-state index contributed by atoms with van der Waals surface area (Å²) in [6, 6.07) is 16.5. The zero-order valence-corrected chi connectivity index (χ0v) is 20.6. The third-order valence-corrected chi connectivity index (χ3v) is 7.19. The van der Waals surface area contributed by atoms with Crippen LogP contribution in [0.25, 0.3) is 0 Å². The summed E-state index contributed by atoms with van der Waals surface area (Å²) in [5, 5.41) is 18.7. The van der Waals surface area contributed by atoms with Crippen LogP contribution < -0.4 is 5.32 Å². The van der Waals surface area contributed by atoms with Crippen LogP contribution in [-0.4, -0.2) is 35.7 Å². The van der Waals surface area contributed by atoms with Gasteiger partial charge in [0.2, 0.25) is 5.91 Å². The fraction of sp³-hybridized carbons (Fsp3) is 0.333. The maximum Gasteiger partial charge on any atom is 0.238 e. The van der Waals surface area contributed by atoms with Crippen LogP contribution in [0.1, 0.15) is 43.1 Å². The molecule has 0 saturated heterocycles. The van der Waals surface area contributed by atoms with Gasteiger partial charge in [-0.25, -0.2) is 4.68 Å². The predicted molar refractivity (Wildman–Crippen MR) is 134 cm³/mol. The van der Waals surface area contributed by atoms with E-state index >= 15 is 0 Å². The molecule has 9 heteroatoms. The summed E-state index contributed by atoms with van der Waals surface area (Å²) in [7, 11) is 0. The number of hydrogen-bond donors (Lipinski definition) is 1. The minimum absolute atomic E-state index is 0.0835. The first-order valence-electron chi connectivity index (χ1n) is 11.0. The standard InChI is InChI=1S/C24H28N6OS2/c1-17(2)30-21(11-13-25-30)26-23(31)18(3)33-24-28-27-22(16-20-10-7-15-32-20)29(24)14-12-19-8-5-4-6-9-19/h4-11,13,15,17-18H,12,14,16H2,1-3H3,(H,26,31). The average molecular weight is 481 g/mol. The molecule has 0 fully saturated rings. The van der Waals surface area contributed by atoms with Gasteiger partial charge in [0.15, 0.2) is 5.16 Å². The maximum atomic E-state index is 12.9. The Morgan fingerprint density at radius 2 is 1.91 bits per heavy atom. The fourth-order valence-corrected chi connectivity index (χ4v) is 5.08. The Kier molecular flexibility index (Phi) is 7.61. The van der Waals surface area contributed by atoms with Crippen molar-refractivity contribution in [2.24, 2.45) is 0 Å². The van der Waals surface area contributed by atoms with Crippen molar-refractivity contribution in [1.29, 1.82) is 0 Å². The van der Waals surface area contributed by atoms with E-state index in [2.05, 4.69) is 67.0 Å². The first-order valence-corrected chi connectivity index (χ1v) is 12.8. The van der Waals surface area contributed by atoms with Gasteiger partial charge in [-0.15, -0.1) is 21.5 Å². The van der Waals surface area contributed by atoms with E-state index in [0.29, 0.717) is 5.82 Å². The summed E-state index contributed by atoms with van der Waals surface area (Å²) in [5.74, 6) is 1.53. The maximum absolute atomic E-state index is 12.9. The fourth-order valence-electron chi connectivity index (χ4n) is 3.48. The molecule has 7 nitrogen and oxygen atoms in total. The molecule has 0 aliphatic rings. The monoisotopic (exact) mass is 480 g/mol. The van der Waals surface area contributed by atoms with Crippen molar-refractivity contribution in [3.8, 4) is 0 Å². The van der Waals surface area contributed by atoms with E-state index in [1.54, 1.807) is 22.2 Å². The molecule has 0 saturated carbocycles. The number of nitrogens with one attached hydrogen (secondary N) is 1. The molecule has 3 aromatic heterocycles. The number of aryl methyl sites for hydroxylation is 1.